The molecule has 9 heteroatoms. The fraction of sp³-hybridized carbons (Fsp3) is 0.250. The summed E-state index contributed by atoms with van der Waals surface area (Å²) in [6.07, 6.45) is 2.95. The van der Waals surface area contributed by atoms with E-state index in [1.165, 1.54) is 12.4 Å². The summed E-state index contributed by atoms with van der Waals surface area (Å²) in [6.45, 7) is 0.0773. The predicted octanol–water partition coefficient (Wildman–Crippen LogP) is -0.168. The van der Waals surface area contributed by atoms with Crippen molar-refractivity contribution in [2.24, 2.45) is 0 Å². The molecule has 1 saturated heterocycles. The molecule has 2 rings (SSSR count). The summed E-state index contributed by atoms with van der Waals surface area (Å²) in [4.78, 5) is 50.6. The highest BCUT2D eigenvalue weighted by atomic mass is 32.2. The fourth-order valence-electron chi connectivity index (χ4n) is 1.58. The van der Waals surface area contributed by atoms with E-state index in [0.29, 0.717) is 5.69 Å². The molecule has 1 aromatic rings. The number of thioether (sulfide) groups is 1. The minimum absolute atomic E-state index is 0.0251. The molecule has 110 valence electrons. The second-order valence-electron chi connectivity index (χ2n) is 4.05. The normalized spacial score (nSPS) is 14.2. The molecule has 0 unspecified atom stereocenters. The highest BCUT2D eigenvalue weighted by molar-refractivity contribution is 8.14. The smallest absolute Gasteiger partial charge is 0.313 e. The molecule has 8 nitrogen and oxygen atoms in total. The molecule has 0 atom stereocenters. The van der Waals surface area contributed by atoms with Gasteiger partial charge >= 0.3 is 11.8 Å². The van der Waals surface area contributed by atoms with Crippen molar-refractivity contribution >= 4 is 40.4 Å². The molecule has 0 aliphatic carbocycles. The van der Waals surface area contributed by atoms with E-state index in [1.807, 2.05) is 0 Å². The van der Waals surface area contributed by atoms with Gasteiger partial charge in [0.15, 0.2) is 0 Å². The van der Waals surface area contributed by atoms with Gasteiger partial charge in [0, 0.05) is 19.3 Å². The summed E-state index contributed by atoms with van der Waals surface area (Å²) in [7, 11) is 0. The number of imide groups is 1. The van der Waals surface area contributed by atoms with Gasteiger partial charge in [-0.25, -0.2) is 0 Å². The largest absolute Gasteiger partial charge is 0.346 e. The van der Waals surface area contributed by atoms with Crippen molar-refractivity contribution in [3.8, 4) is 0 Å². The third-order valence-electron chi connectivity index (χ3n) is 2.59. The van der Waals surface area contributed by atoms with Crippen LogP contribution in [0, 0.1) is 0 Å². The van der Waals surface area contributed by atoms with E-state index in [0.717, 1.165) is 16.7 Å². The van der Waals surface area contributed by atoms with E-state index < -0.39 is 11.8 Å². The molecule has 0 spiro atoms. The van der Waals surface area contributed by atoms with Crippen LogP contribution in [0.5, 0.6) is 0 Å². The van der Waals surface area contributed by atoms with Crippen molar-refractivity contribution in [3.63, 3.8) is 0 Å². The summed E-state index contributed by atoms with van der Waals surface area (Å²) in [5.74, 6) is -1.85. The van der Waals surface area contributed by atoms with Crippen LogP contribution < -0.4 is 10.6 Å². The molecular formula is C12H12N4O4S. The number of hydrogen-bond donors (Lipinski definition) is 2. The number of carbonyl (C=O) groups excluding carboxylic acids is 4. The van der Waals surface area contributed by atoms with Gasteiger partial charge in [-0.05, 0) is 12.1 Å². The Labute approximate surface area is 124 Å². The Morgan fingerprint density at radius 3 is 2.76 bits per heavy atom. The minimum Gasteiger partial charge on any atom is -0.346 e. The topological polar surface area (TPSA) is 108 Å². The molecule has 1 aliphatic rings. The van der Waals surface area contributed by atoms with Crippen molar-refractivity contribution in [2.45, 2.75) is 0 Å². The maximum atomic E-state index is 11.6. The number of nitrogens with one attached hydrogen (secondary N) is 2. The molecule has 2 heterocycles. The van der Waals surface area contributed by atoms with E-state index in [-0.39, 0.29) is 30.0 Å². The second-order valence-corrected chi connectivity index (χ2v) is 4.98. The van der Waals surface area contributed by atoms with Gasteiger partial charge in [0.1, 0.15) is 0 Å². The lowest BCUT2D eigenvalue weighted by molar-refractivity contribution is -0.136. The molecule has 0 aromatic carbocycles. The number of anilines is 1. The Balaban J connectivity index is 1.75. The van der Waals surface area contributed by atoms with Gasteiger partial charge < -0.3 is 10.6 Å². The summed E-state index contributed by atoms with van der Waals surface area (Å²) < 4.78 is 0. The van der Waals surface area contributed by atoms with Crippen LogP contribution in [0.25, 0.3) is 0 Å². The average Bonchev–Trinajstić information content (AvgIpc) is 2.80. The predicted molar refractivity (Wildman–Crippen MR) is 75.4 cm³/mol. The van der Waals surface area contributed by atoms with Gasteiger partial charge in [-0.15, -0.1) is 0 Å². The van der Waals surface area contributed by atoms with Crippen molar-refractivity contribution in [1.29, 1.82) is 0 Å². The van der Waals surface area contributed by atoms with Crippen LogP contribution in [0.2, 0.25) is 0 Å². The van der Waals surface area contributed by atoms with Crippen LogP contribution in [0.1, 0.15) is 0 Å². The molecule has 1 fully saturated rings. The summed E-state index contributed by atoms with van der Waals surface area (Å²) >= 11 is 0.919. The summed E-state index contributed by atoms with van der Waals surface area (Å²) in [6, 6.07) is 3.22. The number of hydrogen-bond acceptors (Lipinski definition) is 6. The lowest BCUT2D eigenvalue weighted by atomic mass is 10.4. The Hall–Kier alpha value is -2.42. The Morgan fingerprint density at radius 1 is 1.33 bits per heavy atom. The number of carbonyl (C=O) groups is 4. The third kappa shape index (κ3) is 4.02. The zero-order valence-corrected chi connectivity index (χ0v) is 11.7. The molecule has 1 aromatic heterocycles. The first-order chi connectivity index (χ1) is 10.1. The number of pyridine rings is 1. The zero-order chi connectivity index (χ0) is 15.2. The van der Waals surface area contributed by atoms with Gasteiger partial charge in [0.05, 0.1) is 17.6 Å². The maximum Gasteiger partial charge on any atom is 0.313 e. The SMILES string of the molecule is O=C(NCCN1C(=O)CSC1=O)C(=O)Nc1cccnc1. The van der Waals surface area contributed by atoms with Crippen molar-refractivity contribution in [3.05, 3.63) is 24.5 Å². The molecule has 0 saturated carbocycles. The van der Waals surface area contributed by atoms with Crippen molar-refractivity contribution < 1.29 is 19.2 Å². The minimum atomic E-state index is -0.842. The molecule has 2 N–H and O–H groups in total. The zero-order valence-electron chi connectivity index (χ0n) is 10.9. The molecule has 0 radical (unpaired) electrons. The summed E-state index contributed by atoms with van der Waals surface area (Å²) in [5.41, 5.74) is 0.402. The van der Waals surface area contributed by atoms with Crippen molar-refractivity contribution in [2.75, 3.05) is 24.2 Å². The number of aromatic nitrogens is 1. The van der Waals surface area contributed by atoms with Gasteiger partial charge in [-0.3, -0.25) is 29.1 Å². The average molecular weight is 308 g/mol. The molecule has 4 amide bonds. The Kier molecular flexibility index (Phi) is 4.88. The number of amides is 4. The summed E-state index contributed by atoms with van der Waals surface area (Å²) in [5, 5.41) is 4.38. The van der Waals surface area contributed by atoms with Gasteiger partial charge in [0.2, 0.25) is 5.91 Å². The standard InChI is InChI=1S/C12H12N4O4S/c17-9-7-21-12(20)16(9)5-4-14-10(18)11(19)15-8-2-1-3-13-6-8/h1-3,6H,4-5,7H2,(H,14,18)(H,15,19). The van der Waals surface area contributed by atoms with Crippen LogP contribution >= 0.6 is 11.8 Å². The number of rotatable bonds is 4. The maximum absolute atomic E-state index is 11.6. The molecule has 0 bridgehead atoms. The quantitative estimate of drug-likeness (QED) is 0.748. The monoisotopic (exact) mass is 308 g/mol. The lowest BCUT2D eigenvalue weighted by Crippen LogP contribution is -2.41. The van der Waals surface area contributed by atoms with Crippen molar-refractivity contribution in [1.82, 2.24) is 15.2 Å². The van der Waals surface area contributed by atoms with E-state index in [9.17, 15) is 19.2 Å². The van der Waals surface area contributed by atoms with Gasteiger partial charge in [-0.2, -0.15) is 0 Å². The van der Waals surface area contributed by atoms with Crippen LogP contribution in [0.3, 0.4) is 0 Å². The van der Waals surface area contributed by atoms with Gasteiger partial charge in [-0.1, -0.05) is 11.8 Å². The van der Waals surface area contributed by atoms with Crippen LogP contribution in [-0.4, -0.2) is 51.7 Å². The second kappa shape index (κ2) is 6.84. The van der Waals surface area contributed by atoms with E-state index in [2.05, 4.69) is 15.6 Å². The van der Waals surface area contributed by atoms with E-state index in [4.69, 9.17) is 0 Å². The highest BCUT2D eigenvalue weighted by Gasteiger charge is 2.29. The van der Waals surface area contributed by atoms with E-state index >= 15 is 0 Å². The van der Waals surface area contributed by atoms with Gasteiger partial charge in [0.25, 0.3) is 5.24 Å². The number of nitrogens with zero attached hydrogens (tertiary/aromatic N) is 2. The highest BCUT2D eigenvalue weighted by Crippen LogP contribution is 2.17. The van der Waals surface area contributed by atoms with Crippen LogP contribution in [0.4, 0.5) is 10.5 Å². The van der Waals surface area contributed by atoms with E-state index in [1.54, 1.807) is 12.1 Å². The Morgan fingerprint density at radius 2 is 2.14 bits per heavy atom. The third-order valence-corrected chi connectivity index (χ3v) is 3.45. The first kappa shape index (κ1) is 15.0. The molecular weight excluding hydrogens is 296 g/mol. The molecule has 21 heavy (non-hydrogen) atoms. The van der Waals surface area contributed by atoms with Crippen LogP contribution in [-0.2, 0) is 14.4 Å². The Bertz CT molecular complexity index is 562. The van der Waals surface area contributed by atoms with Crippen LogP contribution in [0.15, 0.2) is 24.5 Å². The lowest BCUT2D eigenvalue weighted by Gasteiger charge is -2.12. The fourth-order valence-corrected chi connectivity index (χ4v) is 2.33. The molecule has 1 aliphatic heterocycles. The first-order valence-electron chi connectivity index (χ1n) is 6.04. The first-order valence-corrected chi connectivity index (χ1v) is 7.03.